The molecule has 0 unspecified atom stereocenters. The van der Waals surface area contributed by atoms with Gasteiger partial charge in [0, 0.05) is 36.6 Å². The van der Waals surface area contributed by atoms with Crippen molar-refractivity contribution < 1.29 is 4.79 Å². The van der Waals surface area contributed by atoms with Crippen molar-refractivity contribution in [3.05, 3.63) is 42.4 Å². The number of benzene rings is 1. The number of carbonyl (C=O) groups is 1. The Labute approximate surface area is 166 Å². The van der Waals surface area contributed by atoms with E-state index in [0.717, 1.165) is 31.6 Å². The van der Waals surface area contributed by atoms with Gasteiger partial charge in [-0.15, -0.1) is 0 Å². The molecule has 1 aliphatic carbocycles. The van der Waals surface area contributed by atoms with Crippen molar-refractivity contribution >= 4 is 23.1 Å². The van der Waals surface area contributed by atoms with Crippen molar-refractivity contribution in [2.75, 3.05) is 23.3 Å². The highest BCUT2D eigenvalue weighted by Crippen LogP contribution is 2.23. The number of hydrogen-bond donors (Lipinski definition) is 2. The summed E-state index contributed by atoms with van der Waals surface area (Å²) in [6, 6.07) is 10.4. The maximum atomic E-state index is 12.5. The fourth-order valence-corrected chi connectivity index (χ4v) is 4.11. The highest BCUT2D eigenvalue weighted by molar-refractivity contribution is 5.93. The SMILES string of the molecule is O=C(NC1CCCCC1)c1cc(Nc2ccc(N3CCCCC3)cc2)ncn1. The minimum atomic E-state index is -0.113. The fraction of sp³-hybridized carbons (Fsp3) is 0.500. The van der Waals surface area contributed by atoms with E-state index in [-0.39, 0.29) is 11.9 Å². The van der Waals surface area contributed by atoms with E-state index in [1.54, 1.807) is 6.07 Å². The van der Waals surface area contributed by atoms with Gasteiger partial charge in [-0.3, -0.25) is 4.79 Å². The molecule has 6 nitrogen and oxygen atoms in total. The van der Waals surface area contributed by atoms with Gasteiger partial charge < -0.3 is 15.5 Å². The summed E-state index contributed by atoms with van der Waals surface area (Å²) in [5.74, 6) is 0.521. The molecule has 0 spiro atoms. The summed E-state index contributed by atoms with van der Waals surface area (Å²) in [6.07, 6.45) is 11.1. The first-order valence-corrected chi connectivity index (χ1v) is 10.5. The summed E-state index contributed by atoms with van der Waals surface area (Å²) >= 11 is 0. The Bertz CT molecular complexity index is 780. The Morgan fingerprint density at radius 1 is 0.929 bits per heavy atom. The van der Waals surface area contributed by atoms with Crippen LogP contribution >= 0.6 is 0 Å². The number of aromatic nitrogens is 2. The Kier molecular flexibility index (Phi) is 6.04. The van der Waals surface area contributed by atoms with Crippen molar-refractivity contribution in [3.8, 4) is 0 Å². The zero-order chi connectivity index (χ0) is 19.2. The zero-order valence-electron chi connectivity index (χ0n) is 16.4. The van der Waals surface area contributed by atoms with E-state index in [1.807, 2.05) is 0 Å². The molecule has 4 rings (SSSR count). The van der Waals surface area contributed by atoms with Gasteiger partial charge in [0.05, 0.1) is 0 Å². The highest BCUT2D eigenvalue weighted by atomic mass is 16.1. The van der Waals surface area contributed by atoms with Crippen LogP contribution in [0.1, 0.15) is 61.9 Å². The summed E-state index contributed by atoms with van der Waals surface area (Å²) in [7, 11) is 0. The van der Waals surface area contributed by atoms with Gasteiger partial charge in [0.1, 0.15) is 17.8 Å². The number of nitrogens with zero attached hydrogens (tertiary/aromatic N) is 3. The van der Waals surface area contributed by atoms with Gasteiger partial charge in [-0.25, -0.2) is 9.97 Å². The number of carbonyl (C=O) groups excluding carboxylic acids is 1. The average Bonchev–Trinajstić information content (AvgIpc) is 2.76. The second-order valence-corrected chi connectivity index (χ2v) is 7.82. The van der Waals surface area contributed by atoms with Crippen molar-refractivity contribution in [2.24, 2.45) is 0 Å². The molecule has 0 radical (unpaired) electrons. The number of rotatable bonds is 5. The van der Waals surface area contributed by atoms with Gasteiger partial charge in [0.2, 0.25) is 0 Å². The molecule has 28 heavy (non-hydrogen) atoms. The zero-order valence-corrected chi connectivity index (χ0v) is 16.4. The van der Waals surface area contributed by atoms with Crippen LogP contribution < -0.4 is 15.5 Å². The van der Waals surface area contributed by atoms with Crippen LogP contribution in [0.3, 0.4) is 0 Å². The van der Waals surface area contributed by atoms with Crippen LogP contribution in [-0.4, -0.2) is 35.0 Å². The highest BCUT2D eigenvalue weighted by Gasteiger charge is 2.18. The lowest BCUT2D eigenvalue weighted by Crippen LogP contribution is -2.36. The molecule has 0 bridgehead atoms. The van der Waals surface area contributed by atoms with E-state index < -0.39 is 0 Å². The lowest BCUT2D eigenvalue weighted by molar-refractivity contribution is 0.0922. The van der Waals surface area contributed by atoms with E-state index in [9.17, 15) is 4.79 Å². The maximum absolute atomic E-state index is 12.5. The molecule has 1 aromatic heterocycles. The molecule has 2 heterocycles. The van der Waals surface area contributed by atoms with Gasteiger partial charge in [-0.1, -0.05) is 19.3 Å². The second kappa shape index (κ2) is 9.04. The molecule has 0 atom stereocenters. The molecular weight excluding hydrogens is 350 g/mol. The second-order valence-electron chi connectivity index (χ2n) is 7.82. The summed E-state index contributed by atoms with van der Waals surface area (Å²) in [5.41, 5.74) is 2.63. The third-order valence-electron chi connectivity index (χ3n) is 5.70. The predicted octanol–water partition coefficient (Wildman–Crippen LogP) is 4.27. The monoisotopic (exact) mass is 379 g/mol. The lowest BCUT2D eigenvalue weighted by atomic mass is 9.95. The maximum Gasteiger partial charge on any atom is 0.270 e. The molecule has 2 aliphatic rings. The molecule has 1 saturated heterocycles. The molecule has 6 heteroatoms. The molecule has 1 aromatic carbocycles. The van der Waals surface area contributed by atoms with Crippen LogP contribution in [0.25, 0.3) is 0 Å². The van der Waals surface area contributed by atoms with E-state index >= 15 is 0 Å². The summed E-state index contributed by atoms with van der Waals surface area (Å²) < 4.78 is 0. The van der Waals surface area contributed by atoms with Gasteiger partial charge in [-0.05, 0) is 56.4 Å². The van der Waals surface area contributed by atoms with E-state index in [0.29, 0.717) is 11.5 Å². The Morgan fingerprint density at radius 3 is 2.39 bits per heavy atom. The third-order valence-corrected chi connectivity index (χ3v) is 5.70. The van der Waals surface area contributed by atoms with E-state index in [4.69, 9.17) is 0 Å². The number of amides is 1. The number of anilines is 3. The first kappa shape index (κ1) is 18.7. The Morgan fingerprint density at radius 2 is 1.64 bits per heavy atom. The minimum absolute atomic E-state index is 0.113. The molecular formula is C22H29N5O. The predicted molar refractivity (Wildman–Crippen MR) is 112 cm³/mol. The Balaban J connectivity index is 1.38. The van der Waals surface area contributed by atoms with Crippen LogP contribution in [0.15, 0.2) is 36.7 Å². The first-order chi connectivity index (χ1) is 13.8. The Hall–Kier alpha value is -2.63. The summed E-state index contributed by atoms with van der Waals surface area (Å²) in [5, 5.41) is 6.39. The van der Waals surface area contributed by atoms with Crippen LogP contribution in [0, 0.1) is 0 Å². The van der Waals surface area contributed by atoms with Crippen molar-refractivity contribution in [2.45, 2.75) is 57.4 Å². The van der Waals surface area contributed by atoms with Crippen LogP contribution in [0.4, 0.5) is 17.2 Å². The van der Waals surface area contributed by atoms with Gasteiger partial charge in [-0.2, -0.15) is 0 Å². The fourth-order valence-electron chi connectivity index (χ4n) is 4.11. The normalized spacial score (nSPS) is 17.9. The van der Waals surface area contributed by atoms with Crippen LogP contribution in [0.2, 0.25) is 0 Å². The van der Waals surface area contributed by atoms with Crippen LogP contribution in [0.5, 0.6) is 0 Å². The van der Waals surface area contributed by atoms with E-state index in [1.165, 1.54) is 50.5 Å². The van der Waals surface area contributed by atoms with Crippen molar-refractivity contribution in [3.63, 3.8) is 0 Å². The third kappa shape index (κ3) is 4.80. The van der Waals surface area contributed by atoms with Gasteiger partial charge in [0.25, 0.3) is 5.91 Å². The van der Waals surface area contributed by atoms with Crippen LogP contribution in [-0.2, 0) is 0 Å². The first-order valence-electron chi connectivity index (χ1n) is 10.5. The van der Waals surface area contributed by atoms with E-state index in [2.05, 4.69) is 49.8 Å². The molecule has 1 aliphatic heterocycles. The van der Waals surface area contributed by atoms with Gasteiger partial charge >= 0.3 is 0 Å². The van der Waals surface area contributed by atoms with Crippen molar-refractivity contribution in [1.82, 2.24) is 15.3 Å². The molecule has 1 amide bonds. The number of nitrogens with one attached hydrogen (secondary N) is 2. The average molecular weight is 380 g/mol. The number of hydrogen-bond acceptors (Lipinski definition) is 5. The molecule has 2 N–H and O–H groups in total. The molecule has 148 valence electrons. The largest absolute Gasteiger partial charge is 0.372 e. The lowest BCUT2D eigenvalue weighted by Gasteiger charge is -2.28. The van der Waals surface area contributed by atoms with Gasteiger partial charge in [0.15, 0.2) is 0 Å². The molecule has 2 fully saturated rings. The summed E-state index contributed by atoms with van der Waals surface area (Å²) in [6.45, 7) is 2.27. The topological polar surface area (TPSA) is 70.2 Å². The smallest absolute Gasteiger partial charge is 0.270 e. The minimum Gasteiger partial charge on any atom is -0.372 e. The standard InChI is InChI=1S/C22H29N5O/c28-22(26-17-7-3-1-4-8-17)20-15-21(24-16-23-20)25-18-9-11-19(12-10-18)27-13-5-2-6-14-27/h9-12,15-17H,1-8,13-14H2,(H,26,28)(H,23,24,25). The van der Waals surface area contributed by atoms with Crippen molar-refractivity contribution in [1.29, 1.82) is 0 Å². The quantitative estimate of drug-likeness (QED) is 0.812. The number of piperidine rings is 1. The molecule has 1 saturated carbocycles. The molecule has 2 aromatic rings. The summed E-state index contributed by atoms with van der Waals surface area (Å²) in [4.78, 5) is 23.4.